The molecule has 0 radical (unpaired) electrons. The van der Waals surface area contributed by atoms with Crippen LogP contribution in [0.5, 0.6) is 0 Å². The summed E-state index contributed by atoms with van der Waals surface area (Å²) in [7, 11) is 0. The lowest BCUT2D eigenvalue weighted by Gasteiger charge is -2.48. The molecule has 1 amide bonds. The van der Waals surface area contributed by atoms with Crippen molar-refractivity contribution >= 4 is 5.91 Å². The SMILES string of the molecule is CCCCCCCCCCCCCCCCCCCCCCC/C=C/C(O)C(COC1OC(CO)C(OC2OC(CO)C(OC3OC(CO)C(O)C(O)C3O)C(O)C2O)C(O)C1O)NC(=O)CCCCCCCCCCCCCCCCCCCCCCCCCCCCCCCCCCCCCCCCC. The quantitative estimate of drug-likeness (QED) is 0.0199. The Morgan fingerprint density at radius 3 is 0.879 bits per heavy atom. The fraction of sp³-hybridized carbons (Fsp3) is 0.966. The summed E-state index contributed by atoms with van der Waals surface area (Å²) in [6.45, 7) is 1.82. The van der Waals surface area contributed by atoms with Gasteiger partial charge < -0.3 is 89.9 Å². The van der Waals surface area contributed by atoms with Crippen LogP contribution in [-0.2, 0) is 33.2 Å². The first-order chi connectivity index (χ1) is 52.3. The molecule has 3 rings (SSSR count). The van der Waals surface area contributed by atoms with Gasteiger partial charge in [0, 0.05) is 6.42 Å². The van der Waals surface area contributed by atoms with Gasteiger partial charge in [0.05, 0.1) is 38.6 Å². The fourth-order valence-corrected chi connectivity index (χ4v) is 15.8. The van der Waals surface area contributed by atoms with Crippen molar-refractivity contribution in [1.29, 1.82) is 0 Å². The summed E-state index contributed by atoms with van der Waals surface area (Å²) in [6, 6.07) is -0.971. The van der Waals surface area contributed by atoms with E-state index >= 15 is 0 Å². The molecule has 3 fully saturated rings. The second kappa shape index (κ2) is 68.9. The van der Waals surface area contributed by atoms with Gasteiger partial charge in [-0.25, -0.2) is 0 Å². The molecule has 0 aromatic carbocycles. The van der Waals surface area contributed by atoms with E-state index in [1.807, 2.05) is 6.08 Å². The molecule has 0 aromatic rings. The van der Waals surface area contributed by atoms with E-state index in [1.54, 1.807) is 6.08 Å². The summed E-state index contributed by atoms with van der Waals surface area (Å²) < 4.78 is 34.5. The van der Waals surface area contributed by atoms with E-state index in [-0.39, 0.29) is 18.9 Å². The molecule has 634 valence electrons. The zero-order valence-corrected chi connectivity index (χ0v) is 68.4. The molecule has 0 spiro atoms. The molecule has 17 unspecified atom stereocenters. The van der Waals surface area contributed by atoms with E-state index in [2.05, 4.69) is 19.2 Å². The third-order valence-corrected chi connectivity index (χ3v) is 23.1. The van der Waals surface area contributed by atoms with Gasteiger partial charge in [-0.15, -0.1) is 0 Å². The average Bonchev–Trinajstić information content (AvgIpc) is 0.782. The highest BCUT2D eigenvalue weighted by molar-refractivity contribution is 5.76. The maximum Gasteiger partial charge on any atom is 0.220 e. The van der Waals surface area contributed by atoms with Gasteiger partial charge in [0.15, 0.2) is 18.9 Å². The number of nitrogens with one attached hydrogen (secondary N) is 1. The molecule has 0 bridgehead atoms. The number of allylic oxidation sites excluding steroid dienone is 1. The van der Waals surface area contributed by atoms with Crippen LogP contribution in [-0.4, -0.2) is 193 Å². The molecule has 0 aromatic heterocycles. The lowest BCUT2D eigenvalue weighted by molar-refractivity contribution is -0.379. The number of amides is 1. The van der Waals surface area contributed by atoms with Gasteiger partial charge in [-0.05, 0) is 19.3 Å². The highest BCUT2D eigenvalue weighted by atomic mass is 16.8. The first-order valence-corrected chi connectivity index (χ1v) is 45.4. The normalized spacial score (nSPS) is 25.5. The number of aliphatic hydroxyl groups excluding tert-OH is 11. The van der Waals surface area contributed by atoms with Crippen LogP contribution < -0.4 is 5.32 Å². The van der Waals surface area contributed by atoms with E-state index in [9.17, 15) is 61.0 Å². The first kappa shape index (κ1) is 99.7. The van der Waals surface area contributed by atoms with Crippen molar-refractivity contribution < 1.29 is 89.4 Å². The van der Waals surface area contributed by atoms with Gasteiger partial charge in [-0.1, -0.05) is 398 Å². The average molecular weight is 1530 g/mol. The Bertz CT molecular complexity index is 1970. The molecule has 12 N–H and O–H groups in total. The molecule has 19 nitrogen and oxygen atoms in total. The van der Waals surface area contributed by atoms with Crippen molar-refractivity contribution in [3.05, 3.63) is 12.2 Å². The molecule has 3 saturated heterocycles. The van der Waals surface area contributed by atoms with Crippen molar-refractivity contribution in [2.45, 2.75) is 516 Å². The number of carbonyl (C=O) groups excluding carboxylic acids is 1. The third-order valence-electron chi connectivity index (χ3n) is 23.1. The van der Waals surface area contributed by atoms with Crippen LogP contribution in [0.15, 0.2) is 12.2 Å². The summed E-state index contributed by atoms with van der Waals surface area (Å²) in [5.74, 6) is -0.265. The molecular formula is C88H169NO18. The summed E-state index contributed by atoms with van der Waals surface area (Å²) >= 11 is 0. The predicted molar refractivity (Wildman–Crippen MR) is 430 cm³/mol. The van der Waals surface area contributed by atoms with Gasteiger partial charge in [0.25, 0.3) is 0 Å². The maximum atomic E-state index is 13.5. The molecule has 0 aliphatic carbocycles. The summed E-state index contributed by atoms with van der Waals surface area (Å²) in [4.78, 5) is 13.5. The van der Waals surface area contributed by atoms with E-state index in [0.29, 0.717) is 6.42 Å². The lowest BCUT2D eigenvalue weighted by Crippen LogP contribution is -2.66. The van der Waals surface area contributed by atoms with Gasteiger partial charge in [-0.2, -0.15) is 0 Å². The van der Waals surface area contributed by atoms with Gasteiger partial charge in [-0.3, -0.25) is 4.79 Å². The highest BCUT2D eigenvalue weighted by Gasteiger charge is 2.54. The van der Waals surface area contributed by atoms with Crippen molar-refractivity contribution in [3.8, 4) is 0 Å². The number of hydrogen-bond donors (Lipinski definition) is 12. The molecule has 107 heavy (non-hydrogen) atoms. The van der Waals surface area contributed by atoms with Crippen LogP contribution in [0.25, 0.3) is 0 Å². The van der Waals surface area contributed by atoms with Crippen molar-refractivity contribution in [1.82, 2.24) is 5.32 Å². The molecule has 19 heteroatoms. The van der Waals surface area contributed by atoms with Crippen LogP contribution in [0.3, 0.4) is 0 Å². The number of hydrogen-bond acceptors (Lipinski definition) is 18. The fourth-order valence-electron chi connectivity index (χ4n) is 15.8. The number of rotatable bonds is 75. The zero-order valence-electron chi connectivity index (χ0n) is 68.4. The Labute approximate surface area is 652 Å². The Morgan fingerprint density at radius 1 is 0.327 bits per heavy atom. The lowest BCUT2D eigenvalue weighted by atomic mass is 9.96. The molecular weight excluding hydrogens is 1360 g/mol. The number of carbonyl (C=O) groups is 1. The van der Waals surface area contributed by atoms with E-state index in [1.165, 1.54) is 340 Å². The minimum absolute atomic E-state index is 0.250. The maximum absolute atomic E-state index is 13.5. The monoisotopic (exact) mass is 1530 g/mol. The second-order valence-electron chi connectivity index (χ2n) is 32.8. The van der Waals surface area contributed by atoms with E-state index in [4.69, 9.17) is 28.4 Å². The van der Waals surface area contributed by atoms with Crippen LogP contribution in [0.2, 0.25) is 0 Å². The molecule has 3 heterocycles. The standard InChI is InChI=1S/C88H169NO18/c1-3-5-7-9-11-13-15-17-19-21-23-25-27-28-29-30-31-32-33-34-35-36-37-38-39-40-41-42-44-46-48-50-52-54-56-58-60-62-64-66-76(94)89-71(72(93)65-63-61-59-57-55-53-51-49-47-45-43-26-24-22-20-18-16-14-12-10-8-6-4-2)70-102-86-82(100)79(97)84(74(68-91)104-86)107-88-83(101)80(98)85(75(69-92)105-88)106-87-81(99)78(96)77(95)73(67-90)103-87/h63,65,71-75,77-88,90-93,95-101H,3-62,64,66-70H2,1-2H3,(H,89,94)/b65-63+. The minimum atomic E-state index is -1.98. The number of aliphatic hydroxyl groups is 11. The molecule has 3 aliphatic heterocycles. The first-order valence-electron chi connectivity index (χ1n) is 45.4. The van der Waals surface area contributed by atoms with Crippen LogP contribution in [0, 0.1) is 0 Å². The Morgan fingerprint density at radius 2 is 0.579 bits per heavy atom. The highest BCUT2D eigenvalue weighted by Crippen LogP contribution is 2.34. The predicted octanol–water partition coefficient (Wildman–Crippen LogP) is 17.1. The summed E-state index contributed by atoms with van der Waals surface area (Å²) in [5, 5.41) is 121. The van der Waals surface area contributed by atoms with Gasteiger partial charge in [0.2, 0.25) is 5.91 Å². The van der Waals surface area contributed by atoms with E-state index < -0.39 is 124 Å². The van der Waals surface area contributed by atoms with Crippen LogP contribution in [0.1, 0.15) is 412 Å². The van der Waals surface area contributed by atoms with Gasteiger partial charge >= 0.3 is 0 Å². The van der Waals surface area contributed by atoms with Crippen molar-refractivity contribution in [2.75, 3.05) is 26.4 Å². The Hall–Kier alpha value is -1.47. The topological polar surface area (TPSA) is 307 Å². The van der Waals surface area contributed by atoms with Gasteiger partial charge in [0.1, 0.15) is 73.2 Å². The third kappa shape index (κ3) is 47.9. The van der Waals surface area contributed by atoms with E-state index in [0.717, 1.165) is 44.9 Å². The Balaban J connectivity index is 1.29. The summed E-state index contributed by atoms with van der Waals surface area (Å²) in [6.07, 6.45) is 58.1. The number of ether oxygens (including phenoxy) is 6. The second-order valence-corrected chi connectivity index (χ2v) is 32.8. The van der Waals surface area contributed by atoms with Crippen LogP contribution in [0.4, 0.5) is 0 Å². The molecule has 3 aliphatic rings. The zero-order chi connectivity index (χ0) is 77.4. The molecule has 0 saturated carbocycles. The van der Waals surface area contributed by atoms with Crippen LogP contribution >= 0.6 is 0 Å². The number of unbranched alkanes of at least 4 members (excludes halogenated alkanes) is 59. The minimum Gasteiger partial charge on any atom is -0.394 e. The van der Waals surface area contributed by atoms with Crippen molar-refractivity contribution in [2.24, 2.45) is 0 Å². The van der Waals surface area contributed by atoms with Crippen molar-refractivity contribution in [3.63, 3.8) is 0 Å². The largest absolute Gasteiger partial charge is 0.394 e. The summed E-state index contributed by atoms with van der Waals surface area (Å²) in [5.41, 5.74) is 0. The molecule has 17 atom stereocenters. The smallest absolute Gasteiger partial charge is 0.220 e. The Kier molecular flexibility index (Phi) is 64.2.